The Morgan fingerprint density at radius 1 is 0.765 bits per heavy atom. The molecule has 15 nitrogen and oxygen atoms in total. The van der Waals surface area contributed by atoms with E-state index in [1.54, 1.807) is 48.5 Å². The Hall–Kier alpha value is -5.11. The number of sulfone groups is 1. The van der Waals surface area contributed by atoms with E-state index < -0.39 is 51.3 Å². The minimum atomic E-state index is -5.10. The van der Waals surface area contributed by atoms with Gasteiger partial charge in [0.15, 0.2) is 15.6 Å². The van der Waals surface area contributed by atoms with Gasteiger partial charge in [-0.2, -0.15) is 26.8 Å². The van der Waals surface area contributed by atoms with Gasteiger partial charge in [0.2, 0.25) is 11.2 Å². The molecule has 6 rings (SSSR count). The van der Waals surface area contributed by atoms with E-state index in [9.17, 15) is 39.5 Å². The summed E-state index contributed by atoms with van der Waals surface area (Å²) in [6.45, 7) is 0. The summed E-state index contributed by atoms with van der Waals surface area (Å²) < 4.78 is 93.2. The largest absolute Gasteiger partial charge is 0.505 e. The van der Waals surface area contributed by atoms with Crippen LogP contribution in [0.1, 0.15) is 17.0 Å². The van der Waals surface area contributed by atoms with Gasteiger partial charge >= 0.3 is 0 Å². The molecular formula is C32H25ClN6O9S3. The minimum absolute atomic E-state index is 0.0714. The quantitative estimate of drug-likeness (QED) is 0.0882. The van der Waals surface area contributed by atoms with Crippen LogP contribution in [0.2, 0.25) is 5.28 Å². The third kappa shape index (κ3) is 8.28. The van der Waals surface area contributed by atoms with E-state index in [0.29, 0.717) is 22.2 Å². The van der Waals surface area contributed by atoms with E-state index in [-0.39, 0.29) is 45.7 Å². The second kappa shape index (κ2) is 13.5. The zero-order valence-corrected chi connectivity index (χ0v) is 29.3. The lowest BCUT2D eigenvalue weighted by Crippen LogP contribution is -2.07. The summed E-state index contributed by atoms with van der Waals surface area (Å²) in [6, 6.07) is 21.7. The van der Waals surface area contributed by atoms with Crippen LogP contribution in [0.4, 0.5) is 23.0 Å². The standard InChI is InChI=1S/C32H25ClN6O9S3/c1-49(41,42)17-19-7-4-6-18(12-19)13-27-35-31(33)37-32(36-27)34-25-16-22(50(43,44)45)14-21-15-26(51(46,47)48)29(30(40)28(21)25)39-38-24-11-5-9-20-8-2-3-10-23(20)24/h2-12,14-16,40H,13,17H2,1H3,(H,43,44,45)(H,46,47,48)(H,34,35,36,37). The number of nitrogens with one attached hydrogen (secondary N) is 1. The van der Waals surface area contributed by atoms with Gasteiger partial charge in [0.25, 0.3) is 20.2 Å². The molecule has 4 N–H and O–H groups in total. The second-order valence-corrected chi connectivity index (χ2v) is 16.6. The fourth-order valence-corrected chi connectivity index (χ4v) is 7.52. The summed E-state index contributed by atoms with van der Waals surface area (Å²) >= 11 is 6.20. The number of anilines is 2. The van der Waals surface area contributed by atoms with Crippen molar-refractivity contribution in [3.8, 4) is 5.75 Å². The molecule has 0 bridgehead atoms. The van der Waals surface area contributed by atoms with E-state index >= 15 is 0 Å². The number of phenolic OH excluding ortho intramolecular Hbond substituents is 1. The molecular weight excluding hydrogens is 744 g/mol. The topological polar surface area (TPSA) is 239 Å². The van der Waals surface area contributed by atoms with Crippen molar-refractivity contribution in [3.63, 3.8) is 0 Å². The number of halogens is 1. The molecule has 1 heterocycles. The fourth-order valence-electron chi connectivity index (χ4n) is 5.36. The summed E-state index contributed by atoms with van der Waals surface area (Å²) in [5.74, 6) is -1.15. The monoisotopic (exact) mass is 768 g/mol. The van der Waals surface area contributed by atoms with Crippen LogP contribution in [0, 0.1) is 0 Å². The van der Waals surface area contributed by atoms with Crippen LogP contribution in [-0.4, -0.2) is 60.7 Å². The van der Waals surface area contributed by atoms with Crippen LogP contribution in [0.15, 0.2) is 105 Å². The summed E-state index contributed by atoms with van der Waals surface area (Å²) in [5.41, 5.74) is 0.562. The van der Waals surface area contributed by atoms with Gasteiger partial charge in [-0.25, -0.2) is 13.4 Å². The molecule has 0 aliphatic carbocycles. The number of phenols is 1. The molecule has 0 saturated heterocycles. The maximum atomic E-state index is 12.5. The Morgan fingerprint density at radius 3 is 2.20 bits per heavy atom. The number of hydrogen-bond acceptors (Lipinski definition) is 13. The van der Waals surface area contributed by atoms with Crippen molar-refractivity contribution in [2.24, 2.45) is 10.2 Å². The Labute approximate surface area is 296 Å². The fraction of sp³-hybridized carbons (Fsp3) is 0.0938. The summed E-state index contributed by atoms with van der Waals surface area (Å²) in [7, 11) is -13.3. The van der Waals surface area contributed by atoms with E-state index in [2.05, 4.69) is 30.5 Å². The molecule has 0 radical (unpaired) electrons. The van der Waals surface area contributed by atoms with Crippen LogP contribution in [0.5, 0.6) is 5.75 Å². The lowest BCUT2D eigenvalue weighted by molar-refractivity contribution is 0.472. The van der Waals surface area contributed by atoms with Crippen molar-refractivity contribution in [1.29, 1.82) is 0 Å². The highest BCUT2D eigenvalue weighted by atomic mass is 35.5. The van der Waals surface area contributed by atoms with Gasteiger partial charge in [0.1, 0.15) is 16.4 Å². The number of nitrogens with zero attached hydrogens (tertiary/aromatic N) is 5. The molecule has 0 fully saturated rings. The maximum absolute atomic E-state index is 12.5. The first-order valence-electron chi connectivity index (χ1n) is 14.6. The van der Waals surface area contributed by atoms with Gasteiger partial charge < -0.3 is 10.4 Å². The SMILES string of the molecule is CS(=O)(=O)Cc1cccc(Cc2nc(Cl)nc(Nc3cc(S(=O)(=O)O)cc4cc(S(=O)(=O)O)c(N=Nc5cccc6ccccc56)c(O)c34)n2)c1. The van der Waals surface area contributed by atoms with Crippen LogP contribution in [0.25, 0.3) is 21.5 Å². The van der Waals surface area contributed by atoms with Crippen LogP contribution >= 0.6 is 11.6 Å². The molecule has 0 aliphatic heterocycles. The zero-order valence-electron chi connectivity index (χ0n) is 26.1. The lowest BCUT2D eigenvalue weighted by atomic mass is 10.1. The third-order valence-electron chi connectivity index (χ3n) is 7.41. The van der Waals surface area contributed by atoms with Gasteiger partial charge in [-0.05, 0) is 57.8 Å². The van der Waals surface area contributed by atoms with Gasteiger partial charge in [-0.15, -0.1) is 10.2 Å². The molecule has 262 valence electrons. The number of benzene rings is 5. The van der Waals surface area contributed by atoms with E-state index in [1.165, 1.54) is 0 Å². The first-order chi connectivity index (χ1) is 23.9. The number of hydrogen-bond donors (Lipinski definition) is 4. The van der Waals surface area contributed by atoms with Crippen molar-refractivity contribution in [1.82, 2.24) is 15.0 Å². The molecule has 0 atom stereocenters. The number of rotatable bonds is 10. The number of fused-ring (bicyclic) bond motifs is 2. The molecule has 0 spiro atoms. The smallest absolute Gasteiger partial charge is 0.296 e. The molecule has 6 aromatic rings. The molecule has 5 aromatic carbocycles. The predicted molar refractivity (Wildman–Crippen MR) is 189 cm³/mol. The molecule has 0 aliphatic rings. The van der Waals surface area contributed by atoms with E-state index in [0.717, 1.165) is 29.8 Å². The van der Waals surface area contributed by atoms with Crippen molar-refractivity contribution < 1.29 is 39.5 Å². The third-order valence-corrected chi connectivity index (χ3v) is 10.1. The molecule has 0 saturated carbocycles. The molecule has 1 aromatic heterocycles. The summed E-state index contributed by atoms with van der Waals surface area (Å²) in [6.07, 6.45) is 1.18. The molecule has 51 heavy (non-hydrogen) atoms. The highest BCUT2D eigenvalue weighted by Gasteiger charge is 2.26. The van der Waals surface area contributed by atoms with Crippen LogP contribution in [0.3, 0.4) is 0 Å². The first kappa shape index (κ1) is 35.7. The Morgan fingerprint density at radius 2 is 1.47 bits per heavy atom. The molecule has 0 unspecified atom stereocenters. The minimum Gasteiger partial charge on any atom is -0.505 e. The number of aromatic hydroxyl groups is 1. The number of azo groups is 1. The average molecular weight is 769 g/mol. The number of aromatic nitrogens is 3. The van der Waals surface area contributed by atoms with Gasteiger partial charge in [-0.3, -0.25) is 9.11 Å². The van der Waals surface area contributed by atoms with E-state index in [4.69, 9.17) is 11.6 Å². The van der Waals surface area contributed by atoms with Crippen LogP contribution < -0.4 is 5.32 Å². The van der Waals surface area contributed by atoms with Crippen molar-refractivity contribution in [2.45, 2.75) is 22.0 Å². The van der Waals surface area contributed by atoms with Crippen LogP contribution in [-0.2, 0) is 42.2 Å². The highest BCUT2D eigenvalue weighted by molar-refractivity contribution is 7.89. The Kier molecular flexibility index (Phi) is 9.49. The Bertz CT molecular complexity index is 2740. The second-order valence-electron chi connectivity index (χ2n) is 11.3. The summed E-state index contributed by atoms with van der Waals surface area (Å²) in [4.78, 5) is 10.9. The molecule has 0 amide bonds. The van der Waals surface area contributed by atoms with Crippen molar-refractivity contribution in [3.05, 3.63) is 107 Å². The predicted octanol–water partition coefficient (Wildman–Crippen LogP) is 6.32. The maximum Gasteiger partial charge on any atom is 0.296 e. The lowest BCUT2D eigenvalue weighted by Gasteiger charge is -2.15. The van der Waals surface area contributed by atoms with Gasteiger partial charge in [-0.1, -0.05) is 60.7 Å². The van der Waals surface area contributed by atoms with Crippen molar-refractivity contribution >= 4 is 86.2 Å². The molecule has 19 heteroatoms. The van der Waals surface area contributed by atoms with Crippen molar-refractivity contribution in [2.75, 3.05) is 11.6 Å². The van der Waals surface area contributed by atoms with Gasteiger partial charge in [0.05, 0.1) is 22.0 Å². The average Bonchev–Trinajstić information content (AvgIpc) is 3.02. The van der Waals surface area contributed by atoms with E-state index in [1.807, 2.05) is 18.2 Å². The highest BCUT2D eigenvalue weighted by Crippen LogP contribution is 2.46. The first-order valence-corrected chi connectivity index (χ1v) is 19.9. The normalized spacial score (nSPS) is 12.5. The van der Waals surface area contributed by atoms with Gasteiger partial charge in [0, 0.05) is 23.4 Å². The zero-order chi connectivity index (χ0) is 36.7. The summed E-state index contributed by atoms with van der Waals surface area (Å²) in [5, 5.41) is 23.1. The Balaban J connectivity index is 1.49.